The highest BCUT2D eigenvalue weighted by Gasteiger charge is 2.20. The summed E-state index contributed by atoms with van der Waals surface area (Å²) in [6.07, 6.45) is 4.21. The molecule has 3 heteroatoms. The van der Waals surface area contributed by atoms with Crippen molar-refractivity contribution in [2.75, 3.05) is 38.2 Å². The van der Waals surface area contributed by atoms with Crippen molar-refractivity contribution in [3.63, 3.8) is 0 Å². The van der Waals surface area contributed by atoms with Crippen molar-refractivity contribution >= 4 is 11.8 Å². The molecule has 1 unspecified atom stereocenters. The Bertz CT molecular complexity index is 164. The van der Waals surface area contributed by atoms with Crippen molar-refractivity contribution < 1.29 is 0 Å². The van der Waals surface area contributed by atoms with E-state index in [1.165, 1.54) is 50.4 Å². The second kappa shape index (κ2) is 5.38. The fourth-order valence-electron chi connectivity index (χ4n) is 2.39. The predicted octanol–water partition coefficient (Wildman–Crippen LogP) is 1.42. The summed E-state index contributed by atoms with van der Waals surface area (Å²) in [5, 5.41) is 3.73. The molecule has 14 heavy (non-hydrogen) atoms. The SMILES string of the molecule is CN1CCC(NCC2CCSCC2)C1. The zero-order valence-corrected chi connectivity index (χ0v) is 9.98. The quantitative estimate of drug-likeness (QED) is 0.765. The van der Waals surface area contributed by atoms with E-state index in [1.807, 2.05) is 0 Å². The Kier molecular flexibility index (Phi) is 4.14. The van der Waals surface area contributed by atoms with E-state index >= 15 is 0 Å². The van der Waals surface area contributed by atoms with Crippen molar-refractivity contribution in [1.82, 2.24) is 10.2 Å². The Morgan fingerprint density at radius 3 is 2.71 bits per heavy atom. The molecule has 0 aromatic carbocycles. The summed E-state index contributed by atoms with van der Waals surface area (Å²) in [7, 11) is 2.22. The minimum atomic E-state index is 0.773. The van der Waals surface area contributed by atoms with Crippen LogP contribution in [-0.4, -0.2) is 49.1 Å². The number of hydrogen-bond acceptors (Lipinski definition) is 3. The lowest BCUT2D eigenvalue weighted by atomic mass is 10.0. The van der Waals surface area contributed by atoms with E-state index in [0.29, 0.717) is 0 Å². The van der Waals surface area contributed by atoms with Gasteiger partial charge in [0.1, 0.15) is 0 Å². The monoisotopic (exact) mass is 214 g/mol. The van der Waals surface area contributed by atoms with Crippen molar-refractivity contribution in [1.29, 1.82) is 0 Å². The van der Waals surface area contributed by atoms with Gasteiger partial charge in [-0.1, -0.05) is 0 Å². The van der Waals surface area contributed by atoms with Gasteiger partial charge in [0.05, 0.1) is 0 Å². The van der Waals surface area contributed by atoms with Gasteiger partial charge < -0.3 is 10.2 Å². The topological polar surface area (TPSA) is 15.3 Å². The van der Waals surface area contributed by atoms with E-state index < -0.39 is 0 Å². The van der Waals surface area contributed by atoms with Crippen LogP contribution in [0.15, 0.2) is 0 Å². The van der Waals surface area contributed by atoms with Gasteiger partial charge in [-0.25, -0.2) is 0 Å². The number of nitrogens with zero attached hydrogens (tertiary/aromatic N) is 1. The normalized spacial score (nSPS) is 31.1. The molecular formula is C11H22N2S. The summed E-state index contributed by atoms with van der Waals surface area (Å²) < 4.78 is 0. The molecule has 2 nitrogen and oxygen atoms in total. The highest BCUT2D eigenvalue weighted by molar-refractivity contribution is 7.99. The maximum absolute atomic E-state index is 3.73. The van der Waals surface area contributed by atoms with Gasteiger partial charge in [-0.2, -0.15) is 11.8 Å². The van der Waals surface area contributed by atoms with Gasteiger partial charge in [-0.3, -0.25) is 0 Å². The molecule has 2 aliphatic heterocycles. The second-order valence-corrected chi connectivity index (χ2v) is 5.94. The van der Waals surface area contributed by atoms with Crippen LogP contribution in [0, 0.1) is 5.92 Å². The van der Waals surface area contributed by atoms with Gasteiger partial charge in [-0.15, -0.1) is 0 Å². The van der Waals surface area contributed by atoms with Crippen LogP contribution in [0.3, 0.4) is 0 Å². The molecule has 82 valence electrons. The lowest BCUT2D eigenvalue weighted by Crippen LogP contribution is -2.36. The van der Waals surface area contributed by atoms with Crippen LogP contribution < -0.4 is 5.32 Å². The van der Waals surface area contributed by atoms with E-state index in [9.17, 15) is 0 Å². The van der Waals surface area contributed by atoms with Crippen molar-refractivity contribution in [3.8, 4) is 0 Å². The third-order valence-corrected chi connectivity index (χ3v) is 4.48. The summed E-state index contributed by atoms with van der Waals surface area (Å²) >= 11 is 2.12. The first-order chi connectivity index (χ1) is 6.84. The molecule has 1 atom stereocenters. The van der Waals surface area contributed by atoms with Gasteiger partial charge in [0.15, 0.2) is 0 Å². The first-order valence-corrected chi connectivity index (χ1v) is 7.00. The first kappa shape index (κ1) is 10.8. The molecule has 2 aliphatic rings. The first-order valence-electron chi connectivity index (χ1n) is 5.84. The molecule has 0 aromatic rings. The molecule has 2 fully saturated rings. The van der Waals surface area contributed by atoms with Gasteiger partial charge in [0.25, 0.3) is 0 Å². The third kappa shape index (κ3) is 3.14. The van der Waals surface area contributed by atoms with Crippen LogP contribution >= 0.6 is 11.8 Å². The molecular weight excluding hydrogens is 192 g/mol. The molecule has 0 radical (unpaired) electrons. The Labute approximate surface area is 91.8 Å². The molecule has 0 bridgehead atoms. The van der Waals surface area contributed by atoms with Gasteiger partial charge in [-0.05, 0) is 56.8 Å². The van der Waals surface area contributed by atoms with Crippen LogP contribution in [0.4, 0.5) is 0 Å². The highest BCUT2D eigenvalue weighted by atomic mass is 32.2. The van der Waals surface area contributed by atoms with Crippen molar-refractivity contribution in [3.05, 3.63) is 0 Å². The summed E-state index contributed by atoms with van der Waals surface area (Å²) in [6, 6.07) is 0.773. The van der Waals surface area contributed by atoms with Gasteiger partial charge in [0.2, 0.25) is 0 Å². The number of likely N-dealkylation sites (tertiary alicyclic amines) is 1. The standard InChI is InChI=1S/C11H22N2S/c1-13-5-2-11(9-13)12-8-10-3-6-14-7-4-10/h10-12H,2-9H2,1H3. The molecule has 0 saturated carbocycles. The number of likely N-dealkylation sites (N-methyl/N-ethyl adjacent to an activating group) is 1. The van der Waals surface area contributed by atoms with Crippen molar-refractivity contribution in [2.24, 2.45) is 5.92 Å². The molecule has 0 aromatic heterocycles. The summed E-state index contributed by atoms with van der Waals surface area (Å²) in [5.74, 6) is 3.73. The smallest absolute Gasteiger partial charge is 0.0207 e. The molecule has 0 spiro atoms. The zero-order chi connectivity index (χ0) is 9.80. The molecule has 1 N–H and O–H groups in total. The number of rotatable bonds is 3. The minimum Gasteiger partial charge on any atom is -0.312 e. The van der Waals surface area contributed by atoms with E-state index in [-0.39, 0.29) is 0 Å². The number of hydrogen-bond donors (Lipinski definition) is 1. The van der Waals surface area contributed by atoms with E-state index in [2.05, 4.69) is 29.0 Å². The second-order valence-electron chi connectivity index (χ2n) is 4.71. The van der Waals surface area contributed by atoms with Crippen LogP contribution in [0.2, 0.25) is 0 Å². The third-order valence-electron chi connectivity index (χ3n) is 3.43. The Balaban J connectivity index is 1.61. The molecule has 0 aliphatic carbocycles. The molecule has 2 rings (SSSR count). The van der Waals surface area contributed by atoms with Crippen molar-refractivity contribution in [2.45, 2.75) is 25.3 Å². The maximum atomic E-state index is 3.73. The average molecular weight is 214 g/mol. The van der Waals surface area contributed by atoms with E-state index in [1.54, 1.807) is 0 Å². The predicted molar refractivity (Wildman–Crippen MR) is 64.0 cm³/mol. The molecule has 2 heterocycles. The van der Waals surface area contributed by atoms with Crippen LogP contribution in [-0.2, 0) is 0 Å². The Morgan fingerprint density at radius 1 is 1.29 bits per heavy atom. The van der Waals surface area contributed by atoms with Crippen LogP contribution in [0.25, 0.3) is 0 Å². The van der Waals surface area contributed by atoms with E-state index in [0.717, 1.165) is 12.0 Å². The molecule has 0 amide bonds. The number of thioether (sulfide) groups is 1. The highest BCUT2D eigenvalue weighted by Crippen LogP contribution is 2.22. The van der Waals surface area contributed by atoms with Crippen LogP contribution in [0.1, 0.15) is 19.3 Å². The lowest BCUT2D eigenvalue weighted by Gasteiger charge is -2.23. The molecule has 2 saturated heterocycles. The van der Waals surface area contributed by atoms with Gasteiger partial charge in [0, 0.05) is 12.6 Å². The Morgan fingerprint density at radius 2 is 2.07 bits per heavy atom. The largest absolute Gasteiger partial charge is 0.312 e. The lowest BCUT2D eigenvalue weighted by molar-refractivity contribution is 0.376. The summed E-state index contributed by atoms with van der Waals surface area (Å²) in [5.41, 5.74) is 0. The average Bonchev–Trinajstić information content (AvgIpc) is 2.63. The Hall–Kier alpha value is 0.270. The minimum absolute atomic E-state index is 0.773. The van der Waals surface area contributed by atoms with E-state index in [4.69, 9.17) is 0 Å². The summed E-state index contributed by atoms with van der Waals surface area (Å²) in [6.45, 7) is 3.79. The van der Waals surface area contributed by atoms with Crippen LogP contribution in [0.5, 0.6) is 0 Å². The number of nitrogens with one attached hydrogen (secondary N) is 1. The fourth-order valence-corrected chi connectivity index (χ4v) is 3.59. The zero-order valence-electron chi connectivity index (χ0n) is 9.17. The fraction of sp³-hybridized carbons (Fsp3) is 1.00. The maximum Gasteiger partial charge on any atom is 0.0207 e. The van der Waals surface area contributed by atoms with Gasteiger partial charge >= 0.3 is 0 Å². The summed E-state index contributed by atoms with van der Waals surface area (Å²) in [4.78, 5) is 2.42.